The lowest BCUT2D eigenvalue weighted by Crippen LogP contribution is -2.16. The van der Waals surface area contributed by atoms with Crippen LogP contribution in [0.1, 0.15) is 53.1 Å². The van der Waals surface area contributed by atoms with E-state index in [1.807, 2.05) is 12.1 Å². The van der Waals surface area contributed by atoms with E-state index in [2.05, 4.69) is 35.4 Å². The lowest BCUT2D eigenvalue weighted by molar-refractivity contribution is 0.102. The van der Waals surface area contributed by atoms with E-state index < -0.39 is 0 Å². The number of anilines is 1. The molecule has 4 nitrogen and oxygen atoms in total. The molecule has 23 heavy (non-hydrogen) atoms. The molecule has 0 saturated heterocycles. The maximum Gasteiger partial charge on any atom is 0.259 e. The molecule has 122 valence electrons. The van der Waals surface area contributed by atoms with E-state index in [-0.39, 0.29) is 23.1 Å². The van der Waals surface area contributed by atoms with Gasteiger partial charge in [-0.1, -0.05) is 26.0 Å². The summed E-state index contributed by atoms with van der Waals surface area (Å²) in [6.07, 6.45) is 2.05. The van der Waals surface area contributed by atoms with Crippen molar-refractivity contribution in [3.63, 3.8) is 0 Å². The Kier molecular flexibility index (Phi) is 4.39. The van der Waals surface area contributed by atoms with Crippen molar-refractivity contribution in [2.24, 2.45) is 0 Å². The van der Waals surface area contributed by atoms with E-state index in [1.54, 1.807) is 0 Å². The van der Waals surface area contributed by atoms with E-state index in [0.717, 1.165) is 18.5 Å². The number of halogens is 2. The average Bonchev–Trinajstić information content (AvgIpc) is 3.09. The maximum atomic E-state index is 12.7. The van der Waals surface area contributed by atoms with Gasteiger partial charge in [-0.3, -0.25) is 9.89 Å². The fourth-order valence-electron chi connectivity index (χ4n) is 3.25. The largest absolute Gasteiger partial charge is 0.322 e. The molecular formula is C17H19Cl2N3O. The lowest BCUT2D eigenvalue weighted by atomic mass is 9.86. The van der Waals surface area contributed by atoms with Gasteiger partial charge in [-0.05, 0) is 35.4 Å². The van der Waals surface area contributed by atoms with Crippen LogP contribution in [0.4, 0.5) is 5.69 Å². The van der Waals surface area contributed by atoms with Crippen molar-refractivity contribution in [3.05, 3.63) is 46.3 Å². The van der Waals surface area contributed by atoms with Gasteiger partial charge in [0.2, 0.25) is 0 Å². The van der Waals surface area contributed by atoms with Crippen LogP contribution in [-0.2, 0) is 23.6 Å². The van der Waals surface area contributed by atoms with Crippen molar-refractivity contribution < 1.29 is 4.79 Å². The SMILES string of the molecule is CC1(C)CCc2c(NC(=O)c3c(CCl)n[nH]c3CCl)cccc21. The lowest BCUT2D eigenvalue weighted by Gasteiger charge is -2.19. The molecular weight excluding hydrogens is 333 g/mol. The van der Waals surface area contributed by atoms with Crippen LogP contribution in [0.15, 0.2) is 18.2 Å². The first-order chi connectivity index (χ1) is 11.0. The first-order valence-electron chi connectivity index (χ1n) is 7.59. The smallest absolute Gasteiger partial charge is 0.259 e. The molecule has 2 aromatic rings. The predicted octanol–water partition coefficient (Wildman–Crippen LogP) is 4.36. The van der Waals surface area contributed by atoms with Crippen LogP contribution in [0, 0.1) is 0 Å². The number of H-pyrrole nitrogens is 1. The van der Waals surface area contributed by atoms with E-state index in [4.69, 9.17) is 23.2 Å². The molecule has 0 fully saturated rings. The molecule has 1 amide bonds. The maximum absolute atomic E-state index is 12.7. The molecule has 3 rings (SSSR count). The molecule has 0 aliphatic heterocycles. The molecule has 1 heterocycles. The number of carbonyl (C=O) groups is 1. The number of alkyl halides is 2. The normalized spacial score (nSPS) is 15.5. The van der Waals surface area contributed by atoms with Crippen LogP contribution in [0.5, 0.6) is 0 Å². The Balaban J connectivity index is 1.94. The number of aromatic amines is 1. The van der Waals surface area contributed by atoms with Crippen LogP contribution in [0.2, 0.25) is 0 Å². The first kappa shape index (κ1) is 16.3. The van der Waals surface area contributed by atoms with Gasteiger partial charge in [0.1, 0.15) is 0 Å². The monoisotopic (exact) mass is 351 g/mol. The van der Waals surface area contributed by atoms with Crippen molar-refractivity contribution in [1.29, 1.82) is 0 Å². The topological polar surface area (TPSA) is 57.8 Å². The molecule has 0 unspecified atom stereocenters. The van der Waals surface area contributed by atoms with Crippen molar-refractivity contribution in [2.45, 2.75) is 43.9 Å². The Morgan fingerprint density at radius 3 is 2.83 bits per heavy atom. The summed E-state index contributed by atoms with van der Waals surface area (Å²) in [6.45, 7) is 4.47. The third kappa shape index (κ3) is 2.86. The Morgan fingerprint density at radius 1 is 1.35 bits per heavy atom. The molecule has 2 N–H and O–H groups in total. The van der Waals surface area contributed by atoms with Gasteiger partial charge < -0.3 is 5.32 Å². The van der Waals surface area contributed by atoms with E-state index in [1.165, 1.54) is 11.1 Å². The average molecular weight is 352 g/mol. The second-order valence-electron chi connectivity index (χ2n) is 6.46. The number of hydrogen-bond acceptors (Lipinski definition) is 2. The summed E-state index contributed by atoms with van der Waals surface area (Å²) in [6, 6.07) is 6.07. The number of hydrogen-bond donors (Lipinski definition) is 2. The second kappa shape index (κ2) is 6.17. The minimum absolute atomic E-state index is 0.147. The molecule has 1 aromatic carbocycles. The van der Waals surface area contributed by atoms with Crippen molar-refractivity contribution in [3.8, 4) is 0 Å². The van der Waals surface area contributed by atoms with Gasteiger partial charge in [0.25, 0.3) is 5.91 Å². The minimum Gasteiger partial charge on any atom is -0.322 e. The number of rotatable bonds is 4. The summed E-state index contributed by atoms with van der Waals surface area (Å²) in [5.74, 6) is 0.131. The van der Waals surface area contributed by atoms with Gasteiger partial charge in [-0.15, -0.1) is 23.2 Å². The summed E-state index contributed by atoms with van der Waals surface area (Å²) < 4.78 is 0. The minimum atomic E-state index is -0.219. The van der Waals surface area contributed by atoms with Crippen molar-refractivity contribution in [2.75, 3.05) is 5.32 Å². The zero-order chi connectivity index (χ0) is 16.6. The second-order valence-corrected chi connectivity index (χ2v) is 7.00. The van der Waals surface area contributed by atoms with Crippen LogP contribution in [-0.4, -0.2) is 16.1 Å². The fourth-order valence-corrected chi connectivity index (χ4v) is 3.63. The Morgan fingerprint density at radius 2 is 2.13 bits per heavy atom. The van der Waals surface area contributed by atoms with Gasteiger partial charge in [0.05, 0.1) is 28.7 Å². The number of benzene rings is 1. The number of nitrogens with one attached hydrogen (secondary N) is 2. The van der Waals surface area contributed by atoms with E-state index in [9.17, 15) is 4.79 Å². The highest BCUT2D eigenvalue weighted by Crippen LogP contribution is 2.41. The highest BCUT2D eigenvalue weighted by molar-refractivity contribution is 6.19. The summed E-state index contributed by atoms with van der Waals surface area (Å²) >= 11 is 11.8. The number of carbonyl (C=O) groups excluding carboxylic acids is 1. The zero-order valence-corrected chi connectivity index (χ0v) is 14.7. The first-order valence-corrected chi connectivity index (χ1v) is 8.66. The van der Waals surface area contributed by atoms with Crippen molar-refractivity contribution in [1.82, 2.24) is 10.2 Å². The van der Waals surface area contributed by atoms with Gasteiger partial charge in [0, 0.05) is 5.69 Å². The molecule has 6 heteroatoms. The molecule has 0 atom stereocenters. The highest BCUT2D eigenvalue weighted by Gasteiger charge is 2.31. The van der Waals surface area contributed by atoms with E-state index in [0.29, 0.717) is 17.0 Å². The summed E-state index contributed by atoms with van der Waals surface area (Å²) in [4.78, 5) is 12.7. The molecule has 0 radical (unpaired) electrons. The summed E-state index contributed by atoms with van der Waals surface area (Å²) in [5.41, 5.74) is 5.09. The number of amides is 1. The molecule has 0 saturated carbocycles. The standard InChI is InChI=1S/C17H19Cl2N3O/c1-17(2)7-6-10-11(17)4-3-5-12(10)20-16(23)15-13(8-18)21-22-14(15)9-19/h3-5H,6-9H2,1-2H3,(H,20,23)(H,21,22). The Hall–Kier alpha value is -1.52. The third-order valence-corrected chi connectivity index (χ3v) is 5.08. The molecule has 1 aliphatic rings. The third-order valence-electron chi connectivity index (χ3n) is 4.56. The Labute approximate surface area is 145 Å². The van der Waals surface area contributed by atoms with Crippen LogP contribution >= 0.6 is 23.2 Å². The highest BCUT2D eigenvalue weighted by atomic mass is 35.5. The molecule has 0 bridgehead atoms. The van der Waals surface area contributed by atoms with E-state index >= 15 is 0 Å². The molecule has 0 spiro atoms. The molecule has 1 aromatic heterocycles. The summed E-state index contributed by atoms with van der Waals surface area (Å²) in [5, 5.41) is 9.86. The number of aromatic nitrogens is 2. The zero-order valence-electron chi connectivity index (χ0n) is 13.2. The quantitative estimate of drug-likeness (QED) is 0.803. The van der Waals surface area contributed by atoms with Crippen LogP contribution in [0.25, 0.3) is 0 Å². The number of fused-ring (bicyclic) bond motifs is 1. The predicted molar refractivity (Wildman–Crippen MR) is 93.4 cm³/mol. The van der Waals surface area contributed by atoms with Crippen LogP contribution < -0.4 is 5.32 Å². The Bertz CT molecular complexity index is 731. The van der Waals surface area contributed by atoms with Crippen LogP contribution in [0.3, 0.4) is 0 Å². The summed E-state index contributed by atoms with van der Waals surface area (Å²) in [7, 11) is 0. The molecule has 1 aliphatic carbocycles. The van der Waals surface area contributed by atoms with Gasteiger partial charge in [-0.2, -0.15) is 5.10 Å². The number of nitrogens with zero attached hydrogens (tertiary/aromatic N) is 1. The fraction of sp³-hybridized carbons (Fsp3) is 0.412. The van der Waals surface area contributed by atoms with Gasteiger partial charge >= 0.3 is 0 Å². The van der Waals surface area contributed by atoms with Gasteiger partial charge in [0.15, 0.2) is 0 Å². The van der Waals surface area contributed by atoms with Gasteiger partial charge in [-0.25, -0.2) is 0 Å². The van der Waals surface area contributed by atoms with Crippen molar-refractivity contribution >= 4 is 34.8 Å².